The first kappa shape index (κ1) is 21.0. The average Bonchev–Trinajstić information content (AvgIpc) is 3.09. The number of aromatic nitrogens is 1. The third-order valence-electron chi connectivity index (χ3n) is 6.10. The molecule has 1 aromatic heterocycles. The SMILES string of the molecule is CCC(CCCCC(N)=O)c1nc(C2CCCCCCCCC2C)co1. The molecule has 1 saturated carbocycles. The van der Waals surface area contributed by atoms with Gasteiger partial charge in [0.1, 0.15) is 6.26 Å². The molecular weight excluding hydrogens is 324 g/mol. The van der Waals surface area contributed by atoms with E-state index in [0.29, 0.717) is 24.2 Å². The van der Waals surface area contributed by atoms with E-state index in [1.165, 1.54) is 57.1 Å². The van der Waals surface area contributed by atoms with Crippen molar-refractivity contribution in [2.45, 2.75) is 109 Å². The van der Waals surface area contributed by atoms with Crippen LogP contribution < -0.4 is 5.73 Å². The Morgan fingerprint density at radius 3 is 2.58 bits per heavy atom. The van der Waals surface area contributed by atoms with Crippen molar-refractivity contribution in [1.82, 2.24) is 4.98 Å². The molecule has 1 aliphatic rings. The number of hydrogen-bond donors (Lipinski definition) is 1. The maximum atomic E-state index is 10.9. The Morgan fingerprint density at radius 2 is 1.88 bits per heavy atom. The van der Waals surface area contributed by atoms with Crippen molar-refractivity contribution in [1.29, 1.82) is 0 Å². The van der Waals surface area contributed by atoms with Crippen LogP contribution in [0.3, 0.4) is 0 Å². The summed E-state index contributed by atoms with van der Waals surface area (Å²) in [5, 5.41) is 0. The topological polar surface area (TPSA) is 69.1 Å². The van der Waals surface area contributed by atoms with Gasteiger partial charge in [-0.25, -0.2) is 4.98 Å². The van der Waals surface area contributed by atoms with Crippen LogP contribution in [-0.4, -0.2) is 10.9 Å². The first-order valence-electron chi connectivity index (χ1n) is 10.9. The van der Waals surface area contributed by atoms with E-state index in [4.69, 9.17) is 15.1 Å². The minimum Gasteiger partial charge on any atom is -0.448 e. The number of unbranched alkanes of at least 4 members (excludes halogenated alkanes) is 1. The molecule has 2 rings (SSSR count). The number of carbonyl (C=O) groups is 1. The van der Waals surface area contributed by atoms with Gasteiger partial charge in [-0.3, -0.25) is 4.79 Å². The molecule has 0 aliphatic heterocycles. The summed E-state index contributed by atoms with van der Waals surface area (Å²) in [6, 6.07) is 0. The summed E-state index contributed by atoms with van der Waals surface area (Å²) >= 11 is 0. The summed E-state index contributed by atoms with van der Waals surface area (Å²) in [5.74, 6) is 2.26. The molecule has 1 fully saturated rings. The summed E-state index contributed by atoms with van der Waals surface area (Å²) in [7, 11) is 0. The number of rotatable bonds is 8. The lowest BCUT2D eigenvalue weighted by molar-refractivity contribution is -0.118. The number of nitrogens with two attached hydrogens (primary N) is 1. The highest BCUT2D eigenvalue weighted by molar-refractivity contribution is 5.73. The highest BCUT2D eigenvalue weighted by atomic mass is 16.3. The Morgan fingerprint density at radius 1 is 1.19 bits per heavy atom. The van der Waals surface area contributed by atoms with Crippen molar-refractivity contribution in [3.63, 3.8) is 0 Å². The van der Waals surface area contributed by atoms with Gasteiger partial charge in [-0.15, -0.1) is 0 Å². The van der Waals surface area contributed by atoms with Crippen molar-refractivity contribution in [2.24, 2.45) is 11.7 Å². The van der Waals surface area contributed by atoms with Crippen LogP contribution in [0.2, 0.25) is 0 Å². The molecule has 0 saturated heterocycles. The number of amides is 1. The average molecular weight is 363 g/mol. The normalized spacial score (nSPS) is 23.5. The van der Waals surface area contributed by atoms with Gasteiger partial charge in [-0.1, -0.05) is 65.2 Å². The van der Waals surface area contributed by atoms with Crippen LogP contribution in [0.5, 0.6) is 0 Å². The smallest absolute Gasteiger partial charge is 0.217 e. The van der Waals surface area contributed by atoms with Crippen molar-refractivity contribution in [2.75, 3.05) is 0 Å². The van der Waals surface area contributed by atoms with E-state index in [9.17, 15) is 4.79 Å². The zero-order valence-corrected chi connectivity index (χ0v) is 16.8. The van der Waals surface area contributed by atoms with Crippen LogP contribution in [0.15, 0.2) is 10.7 Å². The van der Waals surface area contributed by atoms with Crippen molar-refractivity contribution in [3.05, 3.63) is 17.8 Å². The minimum absolute atomic E-state index is 0.207. The van der Waals surface area contributed by atoms with Crippen LogP contribution in [-0.2, 0) is 4.79 Å². The first-order chi connectivity index (χ1) is 12.6. The van der Waals surface area contributed by atoms with Crippen molar-refractivity contribution < 1.29 is 9.21 Å². The molecule has 1 heterocycles. The highest BCUT2D eigenvalue weighted by Gasteiger charge is 2.24. The Labute approximate surface area is 159 Å². The Balaban J connectivity index is 1.96. The van der Waals surface area contributed by atoms with Gasteiger partial charge in [0.15, 0.2) is 5.89 Å². The summed E-state index contributed by atoms with van der Waals surface area (Å²) in [6.07, 6.45) is 17.0. The minimum atomic E-state index is -0.207. The summed E-state index contributed by atoms with van der Waals surface area (Å²) < 4.78 is 5.92. The fourth-order valence-corrected chi connectivity index (χ4v) is 4.31. The molecule has 148 valence electrons. The first-order valence-corrected chi connectivity index (χ1v) is 10.9. The lowest BCUT2D eigenvalue weighted by Gasteiger charge is -2.23. The predicted octanol–water partition coefficient (Wildman–Crippen LogP) is 6.07. The molecule has 0 spiro atoms. The molecule has 1 amide bonds. The van der Waals surface area contributed by atoms with Gasteiger partial charge < -0.3 is 10.2 Å². The second-order valence-electron chi connectivity index (χ2n) is 8.21. The summed E-state index contributed by atoms with van der Waals surface area (Å²) in [6.45, 7) is 4.58. The van der Waals surface area contributed by atoms with Crippen LogP contribution in [0.4, 0.5) is 0 Å². The number of primary amides is 1. The third kappa shape index (κ3) is 6.77. The fraction of sp³-hybridized carbons (Fsp3) is 0.818. The fourth-order valence-electron chi connectivity index (χ4n) is 4.31. The zero-order valence-electron chi connectivity index (χ0n) is 16.8. The van der Waals surface area contributed by atoms with Crippen molar-refractivity contribution in [3.8, 4) is 0 Å². The lowest BCUT2D eigenvalue weighted by atomic mass is 9.82. The van der Waals surface area contributed by atoms with E-state index < -0.39 is 0 Å². The molecule has 4 heteroatoms. The Bertz CT molecular complexity index is 526. The summed E-state index contributed by atoms with van der Waals surface area (Å²) in [5.41, 5.74) is 6.40. The molecular formula is C22H38N2O2. The van der Waals surface area contributed by atoms with Gasteiger partial charge >= 0.3 is 0 Å². The molecule has 0 radical (unpaired) electrons. The van der Waals surface area contributed by atoms with Gasteiger partial charge in [-0.05, 0) is 31.6 Å². The molecule has 1 aromatic rings. The molecule has 0 bridgehead atoms. The van der Waals surface area contributed by atoms with Gasteiger partial charge in [-0.2, -0.15) is 0 Å². The lowest BCUT2D eigenvalue weighted by Crippen LogP contribution is -2.12. The largest absolute Gasteiger partial charge is 0.448 e. The van der Waals surface area contributed by atoms with Gasteiger partial charge in [0.25, 0.3) is 0 Å². The highest BCUT2D eigenvalue weighted by Crippen LogP contribution is 2.35. The van der Waals surface area contributed by atoms with Gasteiger partial charge in [0, 0.05) is 18.3 Å². The quantitative estimate of drug-likeness (QED) is 0.571. The van der Waals surface area contributed by atoms with Crippen molar-refractivity contribution >= 4 is 5.91 Å². The molecule has 26 heavy (non-hydrogen) atoms. The van der Waals surface area contributed by atoms with E-state index in [0.717, 1.165) is 31.6 Å². The second-order valence-corrected chi connectivity index (χ2v) is 8.21. The maximum Gasteiger partial charge on any atom is 0.217 e. The van der Waals surface area contributed by atoms with Crippen LogP contribution in [0, 0.1) is 5.92 Å². The zero-order chi connectivity index (χ0) is 18.8. The van der Waals surface area contributed by atoms with E-state index in [1.807, 2.05) is 6.26 Å². The maximum absolute atomic E-state index is 10.9. The van der Waals surface area contributed by atoms with Crippen LogP contribution in [0.1, 0.15) is 121 Å². The third-order valence-corrected chi connectivity index (χ3v) is 6.10. The standard InChI is InChI=1S/C22H38N2O2/c1-3-18(13-10-11-15-21(23)25)22-24-20(16-26-22)19-14-9-7-5-4-6-8-12-17(19)2/h16-19H,3-15H2,1-2H3,(H2,23,25). The van der Waals surface area contributed by atoms with E-state index in [1.54, 1.807) is 0 Å². The number of oxazole rings is 1. The van der Waals surface area contributed by atoms with Crippen LogP contribution >= 0.6 is 0 Å². The Kier molecular flexibility index (Phi) is 9.21. The molecule has 3 atom stereocenters. The second kappa shape index (κ2) is 11.4. The molecule has 0 aromatic carbocycles. The summed E-state index contributed by atoms with van der Waals surface area (Å²) in [4.78, 5) is 15.8. The molecule has 3 unspecified atom stereocenters. The number of carbonyl (C=O) groups excluding carboxylic acids is 1. The van der Waals surface area contributed by atoms with E-state index in [-0.39, 0.29) is 5.91 Å². The number of hydrogen-bond acceptors (Lipinski definition) is 3. The molecule has 2 N–H and O–H groups in total. The number of nitrogens with zero attached hydrogens (tertiary/aromatic N) is 1. The van der Waals surface area contributed by atoms with Gasteiger partial charge in [0.2, 0.25) is 5.91 Å². The monoisotopic (exact) mass is 362 g/mol. The molecule has 4 nitrogen and oxygen atoms in total. The predicted molar refractivity (Wildman–Crippen MR) is 106 cm³/mol. The van der Waals surface area contributed by atoms with Gasteiger partial charge in [0.05, 0.1) is 5.69 Å². The molecule has 1 aliphatic carbocycles. The van der Waals surface area contributed by atoms with Crippen LogP contribution in [0.25, 0.3) is 0 Å². The van der Waals surface area contributed by atoms with E-state index >= 15 is 0 Å². The Hall–Kier alpha value is -1.32. The van der Waals surface area contributed by atoms with E-state index in [2.05, 4.69) is 13.8 Å².